The highest BCUT2D eigenvalue weighted by atomic mass is 16.5. The van der Waals surface area contributed by atoms with Crippen LogP contribution in [0.2, 0.25) is 0 Å². The first kappa shape index (κ1) is 16.5. The number of hydrogen-bond acceptors (Lipinski definition) is 3. The Morgan fingerprint density at radius 3 is 2.17 bits per heavy atom. The Bertz CT molecular complexity index is 711. The zero-order valence-electron chi connectivity index (χ0n) is 13.4. The summed E-state index contributed by atoms with van der Waals surface area (Å²) in [6.45, 7) is 5.36. The number of benzene rings is 2. The molecule has 5 nitrogen and oxygen atoms in total. The van der Waals surface area contributed by atoms with E-state index in [4.69, 9.17) is 4.74 Å². The molecular weight excluding hydrogens is 292 g/mol. The van der Waals surface area contributed by atoms with Gasteiger partial charge in [-0.3, -0.25) is 4.79 Å². The van der Waals surface area contributed by atoms with Crippen molar-refractivity contribution in [3.8, 4) is 5.75 Å². The van der Waals surface area contributed by atoms with Gasteiger partial charge in [0.2, 0.25) is 0 Å². The lowest BCUT2D eigenvalue weighted by Crippen LogP contribution is -2.19. The van der Waals surface area contributed by atoms with Gasteiger partial charge in [0.25, 0.3) is 0 Å². The lowest BCUT2D eigenvalue weighted by atomic mass is 10.1. The summed E-state index contributed by atoms with van der Waals surface area (Å²) < 4.78 is 5.59. The predicted molar refractivity (Wildman–Crippen MR) is 91.3 cm³/mol. The minimum absolute atomic E-state index is 0.0485. The number of carbonyl (C=O) groups is 2. The number of Topliss-reactive ketones (excluding diaryl/α,β-unsaturated/α-hetero) is 1. The summed E-state index contributed by atoms with van der Waals surface area (Å²) >= 11 is 0. The van der Waals surface area contributed by atoms with E-state index in [1.807, 2.05) is 26.0 Å². The summed E-state index contributed by atoms with van der Waals surface area (Å²) in [5.74, 6) is 0.643. The molecule has 0 saturated heterocycles. The summed E-state index contributed by atoms with van der Waals surface area (Å²) in [6, 6.07) is 13.6. The highest BCUT2D eigenvalue weighted by Crippen LogP contribution is 2.19. The van der Waals surface area contributed by atoms with Crippen molar-refractivity contribution >= 4 is 23.2 Å². The number of anilines is 2. The van der Waals surface area contributed by atoms with Crippen molar-refractivity contribution in [3.63, 3.8) is 0 Å². The SMILES string of the molecule is CC(=O)c1cccc(NC(=O)Nc2cccc(OC(C)C)c2)c1. The van der Waals surface area contributed by atoms with E-state index in [-0.39, 0.29) is 17.9 Å². The fourth-order valence-corrected chi connectivity index (χ4v) is 2.03. The van der Waals surface area contributed by atoms with Crippen LogP contribution in [-0.4, -0.2) is 17.9 Å². The Labute approximate surface area is 135 Å². The van der Waals surface area contributed by atoms with Gasteiger partial charge in [-0.1, -0.05) is 18.2 Å². The maximum atomic E-state index is 12.0. The van der Waals surface area contributed by atoms with E-state index in [1.54, 1.807) is 36.4 Å². The number of ether oxygens (including phenoxy) is 1. The largest absolute Gasteiger partial charge is 0.491 e. The van der Waals surface area contributed by atoms with Crippen molar-refractivity contribution in [1.82, 2.24) is 0 Å². The third-order valence-corrected chi connectivity index (χ3v) is 2.99. The molecule has 0 saturated carbocycles. The van der Waals surface area contributed by atoms with Crippen LogP contribution in [0.25, 0.3) is 0 Å². The van der Waals surface area contributed by atoms with Crippen LogP contribution in [0.5, 0.6) is 5.75 Å². The molecule has 0 aliphatic rings. The van der Waals surface area contributed by atoms with Crippen molar-refractivity contribution in [3.05, 3.63) is 54.1 Å². The minimum atomic E-state index is -0.382. The topological polar surface area (TPSA) is 67.4 Å². The second-order valence-corrected chi connectivity index (χ2v) is 5.41. The van der Waals surface area contributed by atoms with Crippen LogP contribution in [0.3, 0.4) is 0 Å². The molecule has 0 heterocycles. The number of amides is 2. The monoisotopic (exact) mass is 312 g/mol. The first-order valence-electron chi connectivity index (χ1n) is 7.40. The Morgan fingerprint density at radius 2 is 1.57 bits per heavy atom. The first-order valence-corrected chi connectivity index (χ1v) is 7.40. The number of urea groups is 1. The molecule has 5 heteroatoms. The van der Waals surface area contributed by atoms with Crippen LogP contribution in [0.1, 0.15) is 31.1 Å². The molecule has 0 bridgehead atoms. The summed E-state index contributed by atoms with van der Waals surface area (Å²) in [7, 11) is 0. The highest BCUT2D eigenvalue weighted by molar-refractivity contribution is 6.01. The molecule has 0 radical (unpaired) electrons. The van der Waals surface area contributed by atoms with Crippen LogP contribution in [-0.2, 0) is 0 Å². The smallest absolute Gasteiger partial charge is 0.323 e. The molecule has 2 N–H and O–H groups in total. The van der Waals surface area contributed by atoms with Crippen molar-refractivity contribution in [1.29, 1.82) is 0 Å². The standard InChI is InChI=1S/C18H20N2O3/c1-12(2)23-17-9-5-8-16(11-17)20-18(22)19-15-7-4-6-14(10-15)13(3)21/h4-12H,1-3H3,(H2,19,20,22). The Kier molecular flexibility index (Phi) is 5.36. The summed E-state index contributed by atoms with van der Waals surface area (Å²) in [4.78, 5) is 23.4. The number of ketones is 1. The fraction of sp³-hybridized carbons (Fsp3) is 0.222. The molecule has 0 aliphatic heterocycles. The highest BCUT2D eigenvalue weighted by Gasteiger charge is 2.06. The third kappa shape index (κ3) is 5.14. The lowest BCUT2D eigenvalue weighted by molar-refractivity contribution is 0.101. The second-order valence-electron chi connectivity index (χ2n) is 5.41. The van der Waals surface area contributed by atoms with Crippen LogP contribution < -0.4 is 15.4 Å². The molecule has 0 fully saturated rings. The van der Waals surface area contributed by atoms with E-state index >= 15 is 0 Å². The predicted octanol–water partition coefficient (Wildman–Crippen LogP) is 4.32. The second kappa shape index (κ2) is 7.45. The van der Waals surface area contributed by atoms with Crippen molar-refractivity contribution in [2.45, 2.75) is 26.9 Å². The number of rotatable bonds is 5. The van der Waals surface area contributed by atoms with Gasteiger partial charge in [-0.2, -0.15) is 0 Å². The van der Waals surface area contributed by atoms with Crippen LogP contribution in [0.15, 0.2) is 48.5 Å². The summed E-state index contributed by atoms with van der Waals surface area (Å²) in [6.07, 6.45) is 0.0633. The molecule has 2 aromatic carbocycles. The van der Waals surface area contributed by atoms with E-state index < -0.39 is 0 Å². The molecular formula is C18H20N2O3. The van der Waals surface area contributed by atoms with Crippen LogP contribution in [0.4, 0.5) is 16.2 Å². The third-order valence-electron chi connectivity index (χ3n) is 2.99. The van der Waals surface area contributed by atoms with Gasteiger partial charge in [0.15, 0.2) is 5.78 Å². The molecule has 0 atom stereocenters. The van der Waals surface area contributed by atoms with Gasteiger partial charge in [-0.25, -0.2) is 4.79 Å². The van der Waals surface area contributed by atoms with Crippen molar-refractivity contribution < 1.29 is 14.3 Å². The molecule has 2 amide bonds. The summed E-state index contributed by atoms with van der Waals surface area (Å²) in [5.41, 5.74) is 1.74. The molecule has 0 aliphatic carbocycles. The Hall–Kier alpha value is -2.82. The van der Waals surface area contributed by atoms with E-state index in [9.17, 15) is 9.59 Å². The number of nitrogens with one attached hydrogen (secondary N) is 2. The van der Waals surface area contributed by atoms with Gasteiger partial charge in [0.05, 0.1) is 6.10 Å². The molecule has 120 valence electrons. The Morgan fingerprint density at radius 1 is 0.957 bits per heavy atom. The quantitative estimate of drug-likeness (QED) is 0.808. The Balaban J connectivity index is 2.02. The molecule has 0 spiro atoms. The number of carbonyl (C=O) groups excluding carboxylic acids is 2. The molecule has 0 aromatic heterocycles. The molecule has 0 unspecified atom stereocenters. The zero-order chi connectivity index (χ0) is 16.8. The van der Waals surface area contributed by atoms with E-state index in [1.165, 1.54) is 6.92 Å². The van der Waals surface area contributed by atoms with Crippen molar-refractivity contribution in [2.75, 3.05) is 10.6 Å². The average Bonchev–Trinajstić information content (AvgIpc) is 2.47. The lowest BCUT2D eigenvalue weighted by Gasteiger charge is -2.12. The first-order chi connectivity index (χ1) is 10.9. The number of hydrogen-bond donors (Lipinski definition) is 2. The van der Waals surface area contributed by atoms with Crippen LogP contribution >= 0.6 is 0 Å². The molecule has 23 heavy (non-hydrogen) atoms. The molecule has 2 rings (SSSR count). The van der Waals surface area contributed by atoms with Gasteiger partial charge in [0, 0.05) is 23.0 Å². The summed E-state index contributed by atoms with van der Waals surface area (Å²) in [5, 5.41) is 5.44. The van der Waals surface area contributed by atoms with Gasteiger partial charge in [-0.05, 0) is 45.0 Å². The van der Waals surface area contributed by atoms with Crippen molar-refractivity contribution in [2.24, 2.45) is 0 Å². The van der Waals surface area contributed by atoms with Gasteiger partial charge in [-0.15, -0.1) is 0 Å². The van der Waals surface area contributed by atoms with E-state index in [0.29, 0.717) is 22.7 Å². The van der Waals surface area contributed by atoms with Crippen LogP contribution in [0, 0.1) is 0 Å². The van der Waals surface area contributed by atoms with Gasteiger partial charge in [0.1, 0.15) is 5.75 Å². The van der Waals surface area contributed by atoms with E-state index in [0.717, 1.165) is 0 Å². The molecule has 2 aromatic rings. The van der Waals surface area contributed by atoms with Gasteiger partial charge < -0.3 is 15.4 Å². The van der Waals surface area contributed by atoms with Gasteiger partial charge >= 0.3 is 6.03 Å². The van der Waals surface area contributed by atoms with E-state index in [2.05, 4.69) is 10.6 Å². The fourth-order valence-electron chi connectivity index (χ4n) is 2.03. The zero-order valence-corrected chi connectivity index (χ0v) is 13.4. The minimum Gasteiger partial charge on any atom is -0.491 e. The average molecular weight is 312 g/mol. The maximum Gasteiger partial charge on any atom is 0.323 e. The maximum absolute atomic E-state index is 12.0. The normalized spacial score (nSPS) is 10.3.